The standard InChI is InChI=1S/C25H22O6/c1-27-18-11-13-20(14-12-18)28-15-16-29-25(26)24-22(17-30-19-7-3-2-4-8-19)21-9-5-6-10-23(21)31-24/h2-14H,15-17H2,1H3. The third kappa shape index (κ3) is 4.98. The van der Waals surface area contributed by atoms with Gasteiger partial charge in [-0.15, -0.1) is 0 Å². The van der Waals surface area contributed by atoms with Gasteiger partial charge in [0.2, 0.25) is 5.76 Å². The zero-order valence-corrected chi connectivity index (χ0v) is 17.1. The molecule has 0 unspecified atom stereocenters. The molecular formula is C25H22O6. The summed E-state index contributed by atoms with van der Waals surface area (Å²) in [4.78, 5) is 12.7. The van der Waals surface area contributed by atoms with E-state index in [1.165, 1.54) is 0 Å². The molecule has 6 heteroatoms. The fourth-order valence-corrected chi connectivity index (χ4v) is 3.11. The maximum absolute atomic E-state index is 12.7. The molecule has 0 aliphatic rings. The van der Waals surface area contributed by atoms with Gasteiger partial charge in [-0.25, -0.2) is 4.79 Å². The Morgan fingerprint density at radius 2 is 1.45 bits per heavy atom. The van der Waals surface area contributed by atoms with E-state index >= 15 is 0 Å². The summed E-state index contributed by atoms with van der Waals surface area (Å²) in [6, 6.07) is 24.0. The van der Waals surface area contributed by atoms with Crippen molar-refractivity contribution >= 4 is 16.9 Å². The summed E-state index contributed by atoms with van der Waals surface area (Å²) >= 11 is 0. The van der Waals surface area contributed by atoms with Gasteiger partial charge in [0.05, 0.1) is 12.7 Å². The molecule has 0 aliphatic carbocycles. The summed E-state index contributed by atoms with van der Waals surface area (Å²) in [5, 5.41) is 0.819. The molecule has 0 bridgehead atoms. The van der Waals surface area contributed by atoms with E-state index in [0.717, 1.165) is 11.1 Å². The second kappa shape index (κ2) is 9.71. The van der Waals surface area contributed by atoms with Crippen LogP contribution >= 0.6 is 0 Å². The van der Waals surface area contributed by atoms with E-state index in [9.17, 15) is 4.79 Å². The van der Waals surface area contributed by atoms with E-state index in [2.05, 4.69) is 0 Å². The quantitative estimate of drug-likeness (QED) is 0.273. The monoisotopic (exact) mass is 418 g/mol. The molecule has 0 atom stereocenters. The van der Waals surface area contributed by atoms with Crippen LogP contribution in [0.1, 0.15) is 16.1 Å². The fourth-order valence-electron chi connectivity index (χ4n) is 3.11. The number of benzene rings is 3. The first-order chi connectivity index (χ1) is 15.2. The summed E-state index contributed by atoms with van der Waals surface area (Å²) in [5.74, 6) is 1.70. The Morgan fingerprint density at radius 3 is 2.23 bits per heavy atom. The number of carbonyl (C=O) groups excluding carboxylic acids is 1. The minimum atomic E-state index is -0.554. The number of rotatable bonds is 9. The second-order valence-corrected chi connectivity index (χ2v) is 6.67. The van der Waals surface area contributed by atoms with Gasteiger partial charge < -0.3 is 23.4 Å². The summed E-state index contributed by atoms with van der Waals surface area (Å²) < 4.78 is 27.7. The molecule has 0 N–H and O–H groups in total. The van der Waals surface area contributed by atoms with Gasteiger partial charge in [-0.05, 0) is 42.5 Å². The van der Waals surface area contributed by atoms with Gasteiger partial charge in [-0.2, -0.15) is 0 Å². The van der Waals surface area contributed by atoms with Crippen LogP contribution in [0.4, 0.5) is 0 Å². The number of hydrogen-bond donors (Lipinski definition) is 0. The van der Waals surface area contributed by atoms with Crippen LogP contribution in [0.5, 0.6) is 17.2 Å². The summed E-state index contributed by atoms with van der Waals surface area (Å²) in [6.07, 6.45) is 0. The van der Waals surface area contributed by atoms with Crippen molar-refractivity contribution in [3.63, 3.8) is 0 Å². The average Bonchev–Trinajstić information content (AvgIpc) is 3.20. The van der Waals surface area contributed by atoms with Crippen molar-refractivity contribution in [2.24, 2.45) is 0 Å². The van der Waals surface area contributed by atoms with Gasteiger partial charge >= 0.3 is 5.97 Å². The molecular weight excluding hydrogens is 396 g/mol. The average molecular weight is 418 g/mol. The van der Waals surface area contributed by atoms with Gasteiger partial charge in [0, 0.05) is 5.39 Å². The lowest BCUT2D eigenvalue weighted by Gasteiger charge is -2.09. The normalized spacial score (nSPS) is 10.6. The van der Waals surface area contributed by atoms with Crippen molar-refractivity contribution in [1.29, 1.82) is 0 Å². The van der Waals surface area contributed by atoms with Gasteiger partial charge in [-0.1, -0.05) is 36.4 Å². The van der Waals surface area contributed by atoms with E-state index < -0.39 is 5.97 Å². The highest BCUT2D eigenvalue weighted by molar-refractivity contribution is 5.96. The zero-order valence-electron chi connectivity index (χ0n) is 17.1. The molecule has 0 spiro atoms. The van der Waals surface area contributed by atoms with E-state index in [-0.39, 0.29) is 25.6 Å². The van der Waals surface area contributed by atoms with E-state index in [4.69, 9.17) is 23.4 Å². The van der Waals surface area contributed by atoms with Crippen LogP contribution < -0.4 is 14.2 Å². The number of methoxy groups -OCH3 is 1. The largest absolute Gasteiger partial charge is 0.497 e. The first-order valence-corrected chi connectivity index (χ1v) is 9.87. The number of para-hydroxylation sites is 2. The molecule has 0 saturated carbocycles. The Bertz CT molecular complexity index is 1130. The van der Waals surface area contributed by atoms with Crippen LogP contribution in [0.25, 0.3) is 11.0 Å². The number of carbonyl (C=O) groups is 1. The van der Waals surface area contributed by atoms with Crippen molar-refractivity contribution in [2.75, 3.05) is 20.3 Å². The summed E-state index contributed by atoms with van der Waals surface area (Å²) in [5.41, 5.74) is 1.26. The van der Waals surface area contributed by atoms with Crippen LogP contribution in [0, 0.1) is 0 Å². The molecule has 4 rings (SSSR count). The van der Waals surface area contributed by atoms with Crippen LogP contribution in [0.2, 0.25) is 0 Å². The molecule has 0 aliphatic heterocycles. The molecule has 31 heavy (non-hydrogen) atoms. The van der Waals surface area contributed by atoms with Gasteiger partial charge in [-0.3, -0.25) is 0 Å². The third-order valence-electron chi connectivity index (χ3n) is 4.65. The lowest BCUT2D eigenvalue weighted by molar-refractivity contribution is 0.0414. The Morgan fingerprint density at radius 1 is 0.774 bits per heavy atom. The molecule has 1 heterocycles. The minimum absolute atomic E-state index is 0.0842. The molecule has 0 radical (unpaired) electrons. The molecule has 6 nitrogen and oxygen atoms in total. The molecule has 4 aromatic rings. The highest BCUT2D eigenvalue weighted by atomic mass is 16.6. The zero-order chi connectivity index (χ0) is 21.5. The highest BCUT2D eigenvalue weighted by Gasteiger charge is 2.22. The summed E-state index contributed by atoms with van der Waals surface area (Å²) in [6.45, 7) is 0.489. The van der Waals surface area contributed by atoms with Crippen molar-refractivity contribution in [2.45, 2.75) is 6.61 Å². The molecule has 1 aromatic heterocycles. The minimum Gasteiger partial charge on any atom is -0.497 e. The molecule has 3 aromatic carbocycles. The Hall–Kier alpha value is -3.93. The lowest BCUT2D eigenvalue weighted by Crippen LogP contribution is -2.13. The second-order valence-electron chi connectivity index (χ2n) is 6.67. The molecule has 158 valence electrons. The Balaban J connectivity index is 1.40. The summed E-state index contributed by atoms with van der Waals surface area (Å²) in [7, 11) is 1.60. The predicted molar refractivity (Wildman–Crippen MR) is 116 cm³/mol. The number of fused-ring (bicyclic) bond motifs is 1. The highest BCUT2D eigenvalue weighted by Crippen LogP contribution is 2.28. The van der Waals surface area contributed by atoms with Crippen molar-refractivity contribution in [1.82, 2.24) is 0 Å². The first-order valence-electron chi connectivity index (χ1n) is 9.87. The number of furan rings is 1. The molecule has 0 fully saturated rings. The van der Waals surface area contributed by atoms with Crippen LogP contribution in [-0.2, 0) is 11.3 Å². The van der Waals surface area contributed by atoms with E-state index in [1.807, 2.05) is 54.6 Å². The fraction of sp³-hybridized carbons (Fsp3) is 0.160. The van der Waals surface area contributed by atoms with Crippen LogP contribution in [-0.4, -0.2) is 26.3 Å². The van der Waals surface area contributed by atoms with Gasteiger partial charge in [0.15, 0.2) is 0 Å². The lowest BCUT2D eigenvalue weighted by atomic mass is 10.1. The smallest absolute Gasteiger partial charge is 0.374 e. The van der Waals surface area contributed by atoms with Gasteiger partial charge in [0.25, 0.3) is 0 Å². The number of hydrogen-bond acceptors (Lipinski definition) is 6. The maximum Gasteiger partial charge on any atom is 0.374 e. The Kier molecular flexibility index (Phi) is 6.38. The van der Waals surface area contributed by atoms with Crippen LogP contribution in [0.3, 0.4) is 0 Å². The van der Waals surface area contributed by atoms with Gasteiger partial charge in [0.1, 0.15) is 42.7 Å². The Labute approximate surface area is 179 Å². The van der Waals surface area contributed by atoms with Crippen molar-refractivity contribution < 1.29 is 28.2 Å². The molecule has 0 saturated heterocycles. The van der Waals surface area contributed by atoms with Crippen molar-refractivity contribution in [3.8, 4) is 17.2 Å². The SMILES string of the molecule is COc1ccc(OCCOC(=O)c2oc3ccccc3c2COc2ccccc2)cc1. The topological polar surface area (TPSA) is 67.1 Å². The van der Waals surface area contributed by atoms with E-state index in [0.29, 0.717) is 22.6 Å². The third-order valence-corrected chi connectivity index (χ3v) is 4.65. The number of ether oxygens (including phenoxy) is 4. The predicted octanol–water partition coefficient (Wildman–Crippen LogP) is 5.26. The van der Waals surface area contributed by atoms with Crippen molar-refractivity contribution in [3.05, 3.63) is 90.2 Å². The van der Waals surface area contributed by atoms with E-state index in [1.54, 1.807) is 31.4 Å². The molecule has 0 amide bonds. The maximum atomic E-state index is 12.7. The number of esters is 1. The first kappa shape index (κ1) is 20.3. The van der Waals surface area contributed by atoms with Crippen LogP contribution in [0.15, 0.2) is 83.3 Å².